The minimum Gasteiger partial charge on any atom is -0.369 e. The van der Waals surface area contributed by atoms with Gasteiger partial charge in [-0.2, -0.15) is 0 Å². The smallest absolute Gasteiger partial charge is 0.278 e. The predicted octanol–water partition coefficient (Wildman–Crippen LogP) is 3.25. The normalized spacial score (nSPS) is 17.2. The first-order valence-corrected chi connectivity index (χ1v) is 11.9. The second-order valence-corrected chi connectivity index (χ2v) is 9.39. The summed E-state index contributed by atoms with van der Waals surface area (Å²) in [6.45, 7) is 2.00. The van der Waals surface area contributed by atoms with Crippen molar-refractivity contribution in [3.05, 3.63) is 82.0 Å². The van der Waals surface area contributed by atoms with Crippen LogP contribution in [0.15, 0.2) is 65.8 Å². The molecule has 0 unspecified atom stereocenters. The van der Waals surface area contributed by atoms with Crippen molar-refractivity contribution in [3.63, 3.8) is 0 Å². The number of hydrogen-bond acceptors (Lipinski definition) is 6. The summed E-state index contributed by atoms with van der Waals surface area (Å²) in [5, 5.41) is 3.16. The van der Waals surface area contributed by atoms with E-state index in [1.807, 2.05) is 40.2 Å². The number of amides is 1. The largest absolute Gasteiger partial charge is 0.369 e. The molecule has 1 saturated heterocycles. The Balaban J connectivity index is 1.36. The lowest BCUT2D eigenvalue weighted by molar-refractivity contribution is -0.121. The Morgan fingerprint density at radius 2 is 1.94 bits per heavy atom. The summed E-state index contributed by atoms with van der Waals surface area (Å²) in [6.07, 6.45) is 6.73. The molecule has 35 heavy (non-hydrogen) atoms. The van der Waals surface area contributed by atoms with Crippen molar-refractivity contribution in [1.82, 2.24) is 14.6 Å². The molecule has 2 aliphatic rings. The number of benzene rings is 1. The molecule has 6 rings (SSSR count). The van der Waals surface area contributed by atoms with Gasteiger partial charge >= 0.3 is 0 Å². The zero-order valence-electron chi connectivity index (χ0n) is 18.9. The summed E-state index contributed by atoms with van der Waals surface area (Å²) in [7, 11) is 0. The summed E-state index contributed by atoms with van der Waals surface area (Å²) in [4.78, 5) is 36.3. The molecular formula is C26H23ClN6O2. The molecule has 2 N–H and O–H groups in total. The summed E-state index contributed by atoms with van der Waals surface area (Å²) in [6, 6.07) is 13.6. The molecule has 1 aromatic carbocycles. The van der Waals surface area contributed by atoms with E-state index in [-0.39, 0.29) is 17.4 Å². The van der Waals surface area contributed by atoms with Gasteiger partial charge in [-0.3, -0.25) is 19.6 Å². The fourth-order valence-corrected chi connectivity index (χ4v) is 5.27. The number of nitrogens with zero attached hydrogens (tertiary/aromatic N) is 5. The van der Waals surface area contributed by atoms with E-state index in [9.17, 15) is 9.59 Å². The number of aromatic nitrogens is 3. The highest BCUT2D eigenvalue weighted by Gasteiger charge is 2.28. The van der Waals surface area contributed by atoms with Crippen LogP contribution in [-0.4, -0.2) is 40.2 Å². The van der Waals surface area contributed by atoms with Gasteiger partial charge in [0.05, 0.1) is 27.7 Å². The molecule has 1 fully saturated rings. The highest BCUT2D eigenvalue weighted by atomic mass is 35.5. The van der Waals surface area contributed by atoms with E-state index >= 15 is 0 Å². The minimum absolute atomic E-state index is 0.159. The average molecular weight is 487 g/mol. The molecule has 3 aromatic heterocycles. The Bertz CT molecular complexity index is 1530. The lowest BCUT2D eigenvalue weighted by atomic mass is 10.1. The maximum Gasteiger partial charge on any atom is 0.278 e. The Morgan fingerprint density at radius 1 is 1.09 bits per heavy atom. The maximum absolute atomic E-state index is 13.6. The second kappa shape index (κ2) is 8.39. The van der Waals surface area contributed by atoms with Gasteiger partial charge in [0.2, 0.25) is 5.91 Å². The number of hydrogen-bond donors (Lipinski definition) is 1. The van der Waals surface area contributed by atoms with Crippen LogP contribution in [0.5, 0.6) is 0 Å². The van der Waals surface area contributed by atoms with Crippen LogP contribution in [0.25, 0.3) is 22.0 Å². The molecule has 1 atom stereocenters. The zero-order valence-corrected chi connectivity index (χ0v) is 19.7. The van der Waals surface area contributed by atoms with Gasteiger partial charge in [0.25, 0.3) is 5.56 Å². The fourth-order valence-electron chi connectivity index (χ4n) is 5.02. The standard InChI is InChI=1S/C26H23ClN6O2/c27-20-7-10-33(32-9-6-16-3-1-2-4-22(16)32)26(35)24(20)19-11-18-13-30-23(12-21(18)29-14-19)31-8-5-17(15-31)25(28)34/h1-4,7,10-14,17H,5-6,8-9,15H2,(H2,28,34)/t17-/m1/s1. The quantitative estimate of drug-likeness (QED) is 0.475. The van der Waals surface area contributed by atoms with Crippen molar-refractivity contribution in [2.75, 3.05) is 29.5 Å². The molecule has 2 aliphatic heterocycles. The number of fused-ring (bicyclic) bond motifs is 2. The van der Waals surface area contributed by atoms with E-state index in [0.29, 0.717) is 22.7 Å². The van der Waals surface area contributed by atoms with Crippen LogP contribution in [0.1, 0.15) is 12.0 Å². The number of rotatable bonds is 4. The number of primary amides is 1. The van der Waals surface area contributed by atoms with Gasteiger partial charge in [0.15, 0.2) is 0 Å². The predicted molar refractivity (Wildman–Crippen MR) is 137 cm³/mol. The lowest BCUT2D eigenvalue weighted by Crippen LogP contribution is -2.37. The number of carbonyl (C=O) groups excluding carboxylic acids is 1. The van der Waals surface area contributed by atoms with E-state index in [4.69, 9.17) is 17.3 Å². The average Bonchev–Trinajstić information content (AvgIpc) is 3.52. The Labute approximate surface area is 206 Å². The molecule has 5 heterocycles. The van der Waals surface area contributed by atoms with Crippen LogP contribution < -0.4 is 21.2 Å². The molecule has 0 saturated carbocycles. The highest BCUT2D eigenvalue weighted by Crippen LogP contribution is 2.31. The SMILES string of the molecule is NC(=O)[C@@H]1CCN(c2cc3ncc(-c4c(Cl)ccn(N5CCc6ccccc65)c4=O)cc3cn2)C1. The third-order valence-corrected chi connectivity index (χ3v) is 7.22. The van der Waals surface area contributed by atoms with E-state index in [1.165, 1.54) is 5.56 Å². The molecule has 0 bridgehead atoms. The van der Waals surface area contributed by atoms with Gasteiger partial charge < -0.3 is 10.6 Å². The highest BCUT2D eigenvalue weighted by molar-refractivity contribution is 6.33. The van der Waals surface area contributed by atoms with Crippen molar-refractivity contribution < 1.29 is 4.79 Å². The maximum atomic E-state index is 13.6. The number of halogens is 1. The van der Waals surface area contributed by atoms with Crippen molar-refractivity contribution in [1.29, 1.82) is 0 Å². The molecule has 0 aliphatic carbocycles. The third kappa shape index (κ3) is 3.70. The lowest BCUT2D eigenvalue weighted by Gasteiger charge is -2.23. The van der Waals surface area contributed by atoms with Gasteiger partial charge in [-0.1, -0.05) is 29.8 Å². The van der Waals surface area contributed by atoms with Crippen molar-refractivity contribution in [2.45, 2.75) is 12.8 Å². The van der Waals surface area contributed by atoms with Crippen LogP contribution >= 0.6 is 11.6 Å². The van der Waals surface area contributed by atoms with Crippen LogP contribution in [0, 0.1) is 5.92 Å². The fraction of sp³-hybridized carbons (Fsp3) is 0.231. The van der Waals surface area contributed by atoms with Crippen LogP contribution in [-0.2, 0) is 11.2 Å². The number of anilines is 2. The topological polar surface area (TPSA) is 97.4 Å². The number of nitrogens with two attached hydrogens (primary N) is 1. The monoisotopic (exact) mass is 486 g/mol. The van der Waals surface area contributed by atoms with Crippen LogP contribution in [0.2, 0.25) is 5.02 Å². The van der Waals surface area contributed by atoms with E-state index in [2.05, 4.69) is 16.0 Å². The summed E-state index contributed by atoms with van der Waals surface area (Å²) < 4.78 is 1.63. The van der Waals surface area contributed by atoms with E-state index in [0.717, 1.165) is 48.3 Å². The summed E-state index contributed by atoms with van der Waals surface area (Å²) >= 11 is 6.52. The van der Waals surface area contributed by atoms with Crippen LogP contribution in [0.3, 0.4) is 0 Å². The van der Waals surface area contributed by atoms with Gasteiger partial charge in [-0.15, -0.1) is 0 Å². The van der Waals surface area contributed by atoms with Gasteiger partial charge in [0, 0.05) is 55.2 Å². The molecule has 4 aromatic rings. The second-order valence-electron chi connectivity index (χ2n) is 8.98. The Morgan fingerprint density at radius 3 is 2.77 bits per heavy atom. The number of pyridine rings is 3. The molecule has 0 radical (unpaired) electrons. The molecular weight excluding hydrogens is 464 g/mol. The van der Waals surface area contributed by atoms with Gasteiger partial charge in [-0.25, -0.2) is 9.66 Å². The third-order valence-electron chi connectivity index (χ3n) is 6.90. The van der Waals surface area contributed by atoms with Crippen molar-refractivity contribution >= 4 is 39.9 Å². The molecule has 9 heteroatoms. The minimum atomic E-state index is -0.279. The van der Waals surface area contributed by atoms with Crippen molar-refractivity contribution in [2.24, 2.45) is 11.7 Å². The molecule has 8 nitrogen and oxygen atoms in total. The van der Waals surface area contributed by atoms with E-state index < -0.39 is 0 Å². The zero-order chi connectivity index (χ0) is 24.1. The Hall–Kier alpha value is -3.91. The van der Waals surface area contributed by atoms with Gasteiger partial charge in [0.1, 0.15) is 5.82 Å². The first-order chi connectivity index (χ1) is 17.0. The van der Waals surface area contributed by atoms with E-state index in [1.54, 1.807) is 29.3 Å². The molecule has 176 valence electrons. The van der Waals surface area contributed by atoms with Crippen molar-refractivity contribution in [3.8, 4) is 11.1 Å². The molecule has 1 amide bonds. The Kier molecular flexibility index (Phi) is 5.18. The summed E-state index contributed by atoms with van der Waals surface area (Å²) in [5.74, 6) is 0.320. The van der Waals surface area contributed by atoms with Crippen LogP contribution in [0.4, 0.5) is 11.5 Å². The number of para-hydroxylation sites is 1. The summed E-state index contributed by atoms with van der Waals surface area (Å²) in [5.41, 5.74) is 9.29. The number of carbonyl (C=O) groups is 1. The molecule has 0 spiro atoms. The first kappa shape index (κ1) is 21.6. The first-order valence-electron chi connectivity index (χ1n) is 11.6. The van der Waals surface area contributed by atoms with Gasteiger partial charge in [-0.05, 0) is 36.6 Å².